The maximum absolute atomic E-state index is 11.6. The molecule has 0 fully saturated rings. The van der Waals surface area contributed by atoms with Gasteiger partial charge in [-0.05, 0) is 36.0 Å². The van der Waals surface area contributed by atoms with Crippen LogP contribution in [0.25, 0.3) is 0 Å². The summed E-state index contributed by atoms with van der Waals surface area (Å²) >= 11 is 1.74. The van der Waals surface area contributed by atoms with E-state index in [1.807, 2.05) is 30.5 Å². The van der Waals surface area contributed by atoms with Gasteiger partial charge in [-0.3, -0.25) is 0 Å². The summed E-state index contributed by atoms with van der Waals surface area (Å²) in [7, 11) is 0. The second-order valence-corrected chi connectivity index (χ2v) is 6.69. The highest BCUT2D eigenvalue weighted by molar-refractivity contribution is 7.98. The highest BCUT2D eigenvalue weighted by Gasteiger charge is 2.21. The first-order valence-electron chi connectivity index (χ1n) is 7.53. The Bertz CT molecular complexity index is 632. The van der Waals surface area contributed by atoms with Gasteiger partial charge in [0.05, 0.1) is 5.56 Å². The Morgan fingerprint density at radius 1 is 1.27 bits per heavy atom. The summed E-state index contributed by atoms with van der Waals surface area (Å²) in [6.07, 6.45) is 2.83. The SMILES string of the molecule is CSCCc1c(C(=O)O)cc(C(C)C)n1Cc1ccccc1. The van der Waals surface area contributed by atoms with Gasteiger partial charge in [-0.2, -0.15) is 11.8 Å². The Morgan fingerprint density at radius 2 is 1.95 bits per heavy atom. The topological polar surface area (TPSA) is 42.2 Å². The van der Waals surface area contributed by atoms with Gasteiger partial charge in [0.1, 0.15) is 0 Å². The molecule has 1 heterocycles. The number of thioether (sulfide) groups is 1. The summed E-state index contributed by atoms with van der Waals surface area (Å²) in [5.74, 6) is 0.394. The lowest BCUT2D eigenvalue weighted by Crippen LogP contribution is -2.12. The second-order valence-electron chi connectivity index (χ2n) is 5.70. The highest BCUT2D eigenvalue weighted by atomic mass is 32.2. The van der Waals surface area contributed by atoms with E-state index in [1.54, 1.807) is 11.8 Å². The Labute approximate surface area is 136 Å². The molecule has 0 saturated carbocycles. The number of nitrogens with zero attached hydrogens (tertiary/aromatic N) is 1. The largest absolute Gasteiger partial charge is 0.478 e. The molecule has 1 aromatic carbocycles. The molecule has 0 amide bonds. The van der Waals surface area contributed by atoms with Crippen LogP contribution in [0.4, 0.5) is 0 Å². The number of rotatable bonds is 7. The van der Waals surface area contributed by atoms with Crippen LogP contribution in [0.3, 0.4) is 0 Å². The zero-order chi connectivity index (χ0) is 16.1. The van der Waals surface area contributed by atoms with Crippen molar-refractivity contribution in [2.75, 3.05) is 12.0 Å². The Balaban J connectivity index is 2.49. The fourth-order valence-electron chi connectivity index (χ4n) is 2.69. The summed E-state index contributed by atoms with van der Waals surface area (Å²) < 4.78 is 2.19. The van der Waals surface area contributed by atoms with Crippen LogP contribution in [-0.4, -0.2) is 27.7 Å². The number of hydrogen-bond acceptors (Lipinski definition) is 2. The van der Waals surface area contributed by atoms with Crippen LogP contribution in [-0.2, 0) is 13.0 Å². The summed E-state index contributed by atoms with van der Waals surface area (Å²) in [6.45, 7) is 4.95. The molecule has 2 rings (SSSR count). The number of carbonyl (C=O) groups is 1. The smallest absolute Gasteiger partial charge is 0.337 e. The van der Waals surface area contributed by atoms with Crippen LogP contribution < -0.4 is 0 Å². The third-order valence-electron chi connectivity index (χ3n) is 3.79. The molecule has 1 N–H and O–H groups in total. The maximum atomic E-state index is 11.6. The molecule has 0 unspecified atom stereocenters. The van der Waals surface area contributed by atoms with E-state index in [0.29, 0.717) is 11.5 Å². The molecule has 1 aromatic heterocycles. The van der Waals surface area contributed by atoms with Crippen molar-refractivity contribution in [3.8, 4) is 0 Å². The van der Waals surface area contributed by atoms with Crippen molar-refractivity contribution in [2.24, 2.45) is 0 Å². The average molecular weight is 317 g/mol. The lowest BCUT2D eigenvalue weighted by atomic mass is 10.1. The normalized spacial score (nSPS) is 11.1. The summed E-state index contributed by atoms with van der Waals surface area (Å²) in [5, 5.41) is 9.53. The minimum atomic E-state index is -0.829. The van der Waals surface area contributed by atoms with Gasteiger partial charge in [0.25, 0.3) is 0 Å². The molecule has 0 bridgehead atoms. The lowest BCUT2D eigenvalue weighted by Gasteiger charge is -2.16. The minimum Gasteiger partial charge on any atom is -0.478 e. The molecule has 0 atom stereocenters. The molecule has 0 aliphatic rings. The quantitative estimate of drug-likeness (QED) is 0.829. The van der Waals surface area contributed by atoms with Gasteiger partial charge in [0, 0.05) is 17.9 Å². The fourth-order valence-corrected chi connectivity index (χ4v) is 3.09. The monoisotopic (exact) mass is 317 g/mol. The highest BCUT2D eigenvalue weighted by Crippen LogP contribution is 2.25. The first-order valence-corrected chi connectivity index (χ1v) is 8.92. The van der Waals surface area contributed by atoms with Crippen LogP contribution in [0, 0.1) is 0 Å². The van der Waals surface area contributed by atoms with Crippen LogP contribution in [0.5, 0.6) is 0 Å². The Kier molecular flexibility index (Phi) is 5.72. The van der Waals surface area contributed by atoms with E-state index in [2.05, 4.69) is 30.5 Å². The predicted molar refractivity (Wildman–Crippen MR) is 93.1 cm³/mol. The molecule has 22 heavy (non-hydrogen) atoms. The van der Waals surface area contributed by atoms with Gasteiger partial charge < -0.3 is 9.67 Å². The van der Waals surface area contributed by atoms with E-state index in [9.17, 15) is 9.90 Å². The predicted octanol–water partition coefficient (Wildman–Crippen LogP) is 4.26. The maximum Gasteiger partial charge on any atom is 0.337 e. The van der Waals surface area contributed by atoms with Gasteiger partial charge >= 0.3 is 5.97 Å². The molecule has 3 nitrogen and oxygen atoms in total. The van der Waals surface area contributed by atoms with Gasteiger partial charge in [0.2, 0.25) is 0 Å². The second kappa shape index (κ2) is 7.54. The van der Waals surface area contributed by atoms with Crippen LogP contribution >= 0.6 is 11.8 Å². The van der Waals surface area contributed by atoms with Crippen molar-refractivity contribution in [3.05, 3.63) is 58.9 Å². The van der Waals surface area contributed by atoms with Crippen LogP contribution in [0.2, 0.25) is 0 Å². The van der Waals surface area contributed by atoms with Gasteiger partial charge in [-0.25, -0.2) is 4.79 Å². The van der Waals surface area contributed by atoms with E-state index in [-0.39, 0.29) is 0 Å². The summed E-state index contributed by atoms with van der Waals surface area (Å²) in [4.78, 5) is 11.6. The van der Waals surface area contributed by atoms with Gasteiger partial charge in [-0.15, -0.1) is 0 Å². The average Bonchev–Trinajstić information content (AvgIpc) is 2.85. The first kappa shape index (κ1) is 16.7. The molecule has 0 aliphatic heterocycles. The Morgan fingerprint density at radius 3 is 2.50 bits per heavy atom. The molecular weight excluding hydrogens is 294 g/mol. The molecule has 118 valence electrons. The van der Waals surface area contributed by atoms with E-state index in [4.69, 9.17) is 0 Å². The van der Waals surface area contributed by atoms with E-state index in [1.165, 1.54) is 5.56 Å². The van der Waals surface area contributed by atoms with Gasteiger partial charge in [-0.1, -0.05) is 44.2 Å². The standard InChI is InChI=1S/C18H23NO2S/c1-13(2)17-11-15(18(20)21)16(9-10-22-3)19(17)12-14-7-5-4-6-8-14/h4-8,11,13H,9-10,12H2,1-3H3,(H,20,21). The number of aromatic nitrogens is 1. The third kappa shape index (κ3) is 3.74. The number of aromatic carboxylic acids is 1. The van der Waals surface area contributed by atoms with Crippen molar-refractivity contribution in [2.45, 2.75) is 32.7 Å². The molecular formula is C18H23NO2S. The molecule has 4 heteroatoms. The summed E-state index contributed by atoms with van der Waals surface area (Å²) in [6, 6.07) is 12.1. The number of benzene rings is 1. The minimum absolute atomic E-state index is 0.296. The van der Waals surface area contributed by atoms with Crippen molar-refractivity contribution in [3.63, 3.8) is 0 Å². The van der Waals surface area contributed by atoms with Crippen molar-refractivity contribution >= 4 is 17.7 Å². The zero-order valence-electron chi connectivity index (χ0n) is 13.4. The van der Waals surface area contributed by atoms with E-state index >= 15 is 0 Å². The lowest BCUT2D eigenvalue weighted by molar-refractivity contribution is 0.0695. The molecule has 0 spiro atoms. The van der Waals surface area contributed by atoms with Crippen LogP contribution in [0.15, 0.2) is 36.4 Å². The first-order chi connectivity index (χ1) is 10.5. The number of carboxylic acids is 1. The molecule has 2 aromatic rings. The van der Waals surface area contributed by atoms with Crippen molar-refractivity contribution in [1.29, 1.82) is 0 Å². The van der Waals surface area contributed by atoms with E-state index in [0.717, 1.165) is 30.1 Å². The molecule has 0 saturated heterocycles. The van der Waals surface area contributed by atoms with Crippen LogP contribution in [0.1, 0.15) is 47.1 Å². The number of carboxylic acid groups (broad SMARTS) is 1. The van der Waals surface area contributed by atoms with Crippen molar-refractivity contribution < 1.29 is 9.90 Å². The zero-order valence-corrected chi connectivity index (χ0v) is 14.2. The molecule has 0 radical (unpaired) electrons. The van der Waals surface area contributed by atoms with E-state index < -0.39 is 5.97 Å². The van der Waals surface area contributed by atoms with Crippen molar-refractivity contribution in [1.82, 2.24) is 4.57 Å². The summed E-state index contributed by atoms with van der Waals surface area (Å²) in [5.41, 5.74) is 3.68. The fraction of sp³-hybridized carbons (Fsp3) is 0.389. The van der Waals surface area contributed by atoms with Gasteiger partial charge in [0.15, 0.2) is 0 Å². The Hall–Kier alpha value is -1.68. The number of hydrogen-bond donors (Lipinski definition) is 1. The third-order valence-corrected chi connectivity index (χ3v) is 4.40. The molecule has 0 aliphatic carbocycles.